The fourth-order valence-corrected chi connectivity index (χ4v) is 5.25. The molecule has 0 saturated heterocycles. The molecule has 4 heterocycles. The van der Waals surface area contributed by atoms with Gasteiger partial charge in [-0.3, -0.25) is 9.99 Å². The van der Waals surface area contributed by atoms with Crippen molar-refractivity contribution in [2.45, 2.75) is 49.0 Å². The number of nitrogens with zero attached hydrogens (tertiary/aromatic N) is 5. The van der Waals surface area contributed by atoms with E-state index in [9.17, 15) is 5.26 Å². The van der Waals surface area contributed by atoms with Crippen molar-refractivity contribution in [2.75, 3.05) is 17.9 Å². The predicted octanol–water partition coefficient (Wildman–Crippen LogP) is 2.43. The second-order valence-electron chi connectivity index (χ2n) is 7.23. The van der Waals surface area contributed by atoms with E-state index in [0.717, 1.165) is 34.0 Å². The number of thioether (sulfide) groups is 1. The number of hydrogen-bond donors (Lipinski definition) is 2. The molecule has 0 radical (unpaired) electrons. The second kappa shape index (κ2) is 7.11. The van der Waals surface area contributed by atoms with Gasteiger partial charge in [-0.05, 0) is 20.3 Å². The summed E-state index contributed by atoms with van der Waals surface area (Å²) in [6, 6.07) is 2.28. The highest BCUT2D eigenvalue weighted by Crippen LogP contribution is 2.53. The van der Waals surface area contributed by atoms with Gasteiger partial charge in [0.25, 0.3) is 0 Å². The number of anilines is 2. The molecule has 3 N–H and O–H groups in total. The number of nitrogen functional groups attached to an aromatic ring is 1. The van der Waals surface area contributed by atoms with E-state index in [1.807, 2.05) is 18.9 Å². The molecule has 0 amide bonds. The third-order valence-electron chi connectivity index (χ3n) is 5.30. The van der Waals surface area contributed by atoms with Crippen molar-refractivity contribution in [3.8, 4) is 24.2 Å². The number of aryl methyl sites for hydroxylation is 1. The average molecular weight is 408 g/mol. The molecule has 0 aliphatic carbocycles. The van der Waals surface area contributed by atoms with Gasteiger partial charge in [-0.25, -0.2) is 10.4 Å². The first-order valence-electron chi connectivity index (χ1n) is 9.15. The van der Waals surface area contributed by atoms with Gasteiger partial charge in [0.05, 0.1) is 31.5 Å². The Kier molecular flexibility index (Phi) is 4.73. The molecule has 4 rings (SSSR count). The lowest BCUT2D eigenvalue weighted by molar-refractivity contribution is 0.406. The molecule has 2 unspecified atom stereocenters. The first-order valence-corrected chi connectivity index (χ1v) is 9.97. The van der Waals surface area contributed by atoms with Gasteiger partial charge < -0.3 is 10.5 Å². The number of nitrogens with one attached hydrogen (secondary N) is 1. The molecule has 2 aliphatic rings. The highest BCUT2D eigenvalue weighted by atomic mass is 32.2. The molecule has 148 valence electrons. The number of hydrazine groups is 1. The molecule has 29 heavy (non-hydrogen) atoms. The van der Waals surface area contributed by atoms with Gasteiger partial charge in [-0.2, -0.15) is 10.2 Å². The molecule has 2 aromatic rings. The van der Waals surface area contributed by atoms with Crippen LogP contribution in [0.4, 0.5) is 11.8 Å². The molecule has 0 aromatic carbocycles. The highest BCUT2D eigenvalue weighted by molar-refractivity contribution is 8.01. The number of ether oxygens (including phenoxy) is 1. The fraction of sp³-hybridized carbons (Fsp3) is 0.400. The largest absolute Gasteiger partial charge is 0.496 e. The molecule has 0 fully saturated rings. The minimum absolute atomic E-state index is 0.109. The average Bonchev–Trinajstić information content (AvgIpc) is 3.02. The van der Waals surface area contributed by atoms with E-state index < -0.39 is 4.75 Å². The summed E-state index contributed by atoms with van der Waals surface area (Å²) in [5.41, 5.74) is 13.2. The van der Waals surface area contributed by atoms with Crippen LogP contribution in [0.15, 0.2) is 11.2 Å². The third-order valence-corrected chi connectivity index (χ3v) is 6.60. The zero-order chi connectivity index (χ0) is 20.8. The lowest BCUT2D eigenvalue weighted by Crippen LogP contribution is -2.38. The molecule has 0 bridgehead atoms. The first kappa shape index (κ1) is 19.3. The van der Waals surface area contributed by atoms with Crippen LogP contribution in [0.25, 0.3) is 0 Å². The molecule has 2 atom stereocenters. The Balaban J connectivity index is 1.72. The number of methoxy groups -OCH3 is 1. The molecule has 9 heteroatoms. The van der Waals surface area contributed by atoms with Crippen molar-refractivity contribution < 1.29 is 4.74 Å². The molecule has 0 spiro atoms. The zero-order valence-corrected chi connectivity index (χ0v) is 17.3. The van der Waals surface area contributed by atoms with Crippen LogP contribution >= 0.6 is 11.8 Å². The number of nitriles is 1. The quantitative estimate of drug-likeness (QED) is 0.582. The maximum Gasteiger partial charge on any atom is 0.223 e. The predicted molar refractivity (Wildman–Crippen MR) is 111 cm³/mol. The number of pyridine rings is 1. The molecule has 8 nitrogen and oxygen atoms in total. The van der Waals surface area contributed by atoms with Crippen molar-refractivity contribution >= 4 is 23.5 Å². The number of rotatable bonds is 4. The van der Waals surface area contributed by atoms with Gasteiger partial charge in [0, 0.05) is 29.3 Å². The van der Waals surface area contributed by atoms with Crippen LogP contribution in [0.5, 0.6) is 5.75 Å². The summed E-state index contributed by atoms with van der Waals surface area (Å²) in [5, 5.41) is 12.4. The standard InChI is InChI=1S/C20H21N7OS/c1-5-6-20(10-21)7-13-15-17(24-19(22)25-18(15)29-20)27(26-13)9-14-12(3)16(28-4)11(2)8-23-14/h1,8,13,26H,6-7,9H2,2-4H3,(H2,22,24,25). The SMILES string of the molecule is C#CCC1(C#N)CC2NN(Cc3ncc(C)c(OC)c3C)c3nc(N)nc(c32)S1. The maximum atomic E-state index is 9.81. The van der Waals surface area contributed by atoms with Crippen LogP contribution in [-0.2, 0) is 6.54 Å². The summed E-state index contributed by atoms with van der Waals surface area (Å²) < 4.78 is 4.79. The minimum Gasteiger partial charge on any atom is -0.496 e. The third kappa shape index (κ3) is 3.13. The van der Waals surface area contributed by atoms with Gasteiger partial charge >= 0.3 is 0 Å². The van der Waals surface area contributed by atoms with Crippen LogP contribution in [-0.4, -0.2) is 26.8 Å². The van der Waals surface area contributed by atoms with Crippen LogP contribution in [0.1, 0.15) is 41.3 Å². The second-order valence-corrected chi connectivity index (χ2v) is 8.60. The van der Waals surface area contributed by atoms with Crippen molar-refractivity contribution in [2.24, 2.45) is 0 Å². The van der Waals surface area contributed by atoms with Crippen LogP contribution in [0.3, 0.4) is 0 Å². The summed E-state index contributed by atoms with van der Waals surface area (Å²) >= 11 is 1.38. The Labute approximate surface area is 173 Å². The number of nitrogens with two attached hydrogens (primary N) is 1. The van der Waals surface area contributed by atoms with Gasteiger partial charge in [-0.15, -0.1) is 12.3 Å². The van der Waals surface area contributed by atoms with E-state index >= 15 is 0 Å². The van der Waals surface area contributed by atoms with Crippen LogP contribution in [0, 0.1) is 37.5 Å². The lowest BCUT2D eigenvalue weighted by Gasteiger charge is -2.32. The normalized spacial score (nSPS) is 22.0. The molecule has 2 aliphatic heterocycles. The first-order chi connectivity index (χ1) is 13.9. The zero-order valence-electron chi connectivity index (χ0n) is 16.5. The van der Waals surface area contributed by atoms with Crippen molar-refractivity contribution in [3.63, 3.8) is 0 Å². The molecule has 0 saturated carbocycles. The minimum atomic E-state index is -0.741. The number of aromatic nitrogens is 3. The Morgan fingerprint density at radius 1 is 1.48 bits per heavy atom. The maximum absolute atomic E-state index is 9.81. The summed E-state index contributed by atoms with van der Waals surface area (Å²) in [6.45, 7) is 4.43. The van der Waals surface area contributed by atoms with Crippen molar-refractivity contribution in [3.05, 3.63) is 28.6 Å². The molecule has 2 aromatic heterocycles. The summed E-state index contributed by atoms with van der Waals surface area (Å²) in [7, 11) is 1.66. The van der Waals surface area contributed by atoms with Gasteiger partial charge in [0.1, 0.15) is 15.5 Å². The van der Waals surface area contributed by atoms with E-state index in [4.69, 9.17) is 16.9 Å². The van der Waals surface area contributed by atoms with Crippen molar-refractivity contribution in [1.82, 2.24) is 20.4 Å². The van der Waals surface area contributed by atoms with Crippen molar-refractivity contribution in [1.29, 1.82) is 5.26 Å². The van der Waals surface area contributed by atoms with Gasteiger partial charge in [0.15, 0.2) is 5.82 Å². The Bertz CT molecular complexity index is 1070. The smallest absolute Gasteiger partial charge is 0.223 e. The van der Waals surface area contributed by atoms with Gasteiger partial charge in [-0.1, -0.05) is 11.8 Å². The van der Waals surface area contributed by atoms with Gasteiger partial charge in [0.2, 0.25) is 5.95 Å². The van der Waals surface area contributed by atoms with E-state index in [1.54, 1.807) is 13.3 Å². The number of terminal acetylenes is 1. The lowest BCUT2D eigenvalue weighted by atomic mass is 9.94. The Hall–Kier alpha value is -3.01. The van der Waals surface area contributed by atoms with E-state index in [1.165, 1.54) is 11.8 Å². The fourth-order valence-electron chi connectivity index (χ4n) is 3.94. The summed E-state index contributed by atoms with van der Waals surface area (Å²) in [4.78, 5) is 13.5. The van der Waals surface area contributed by atoms with E-state index in [2.05, 4.69) is 32.4 Å². The molecular formula is C20H21N7OS. The summed E-state index contributed by atoms with van der Waals surface area (Å²) in [5.74, 6) is 4.34. The topological polar surface area (TPSA) is 113 Å². The van der Waals surface area contributed by atoms with E-state index in [0.29, 0.717) is 24.4 Å². The van der Waals surface area contributed by atoms with Crippen LogP contribution < -0.4 is 20.9 Å². The molecular weight excluding hydrogens is 386 g/mol. The Morgan fingerprint density at radius 2 is 2.28 bits per heavy atom. The van der Waals surface area contributed by atoms with E-state index in [-0.39, 0.29) is 12.0 Å². The number of hydrogen-bond acceptors (Lipinski definition) is 9. The summed E-state index contributed by atoms with van der Waals surface area (Å²) in [6.07, 6.45) is 8.23. The highest BCUT2D eigenvalue weighted by Gasteiger charge is 2.46. The monoisotopic (exact) mass is 407 g/mol. The Morgan fingerprint density at radius 3 is 2.97 bits per heavy atom. The van der Waals surface area contributed by atoms with Crippen LogP contribution in [0.2, 0.25) is 0 Å².